The Hall–Kier alpha value is -1.10. The lowest BCUT2D eigenvalue weighted by Gasteiger charge is -2.34. The predicted molar refractivity (Wildman–Crippen MR) is 81.3 cm³/mol. The summed E-state index contributed by atoms with van der Waals surface area (Å²) in [7, 11) is 0. The van der Waals surface area contributed by atoms with Gasteiger partial charge in [0.05, 0.1) is 18.8 Å². The Morgan fingerprint density at radius 2 is 2.30 bits per heavy atom. The lowest BCUT2D eigenvalue weighted by molar-refractivity contribution is -0.123. The van der Waals surface area contributed by atoms with Crippen LogP contribution in [0.5, 0.6) is 0 Å². The molecule has 1 saturated heterocycles. The van der Waals surface area contributed by atoms with Crippen molar-refractivity contribution in [1.82, 2.24) is 4.90 Å². The molecule has 2 rings (SSSR count). The minimum atomic E-state index is -0.181. The zero-order valence-electron chi connectivity index (χ0n) is 12.1. The number of carbonyl (C=O) groups excluding carboxylic acids is 1. The van der Waals surface area contributed by atoms with E-state index in [1.165, 1.54) is 0 Å². The third-order valence-corrected chi connectivity index (χ3v) is 4.13. The van der Waals surface area contributed by atoms with Crippen LogP contribution in [0.1, 0.15) is 19.4 Å². The van der Waals surface area contributed by atoms with Crippen molar-refractivity contribution in [2.75, 3.05) is 25.0 Å². The molecule has 0 saturated carbocycles. The topological polar surface area (TPSA) is 41.6 Å². The van der Waals surface area contributed by atoms with Crippen molar-refractivity contribution in [2.45, 2.75) is 32.9 Å². The molecule has 4 nitrogen and oxygen atoms in total. The van der Waals surface area contributed by atoms with Crippen LogP contribution in [-0.4, -0.2) is 42.6 Å². The second-order valence-corrected chi connectivity index (χ2v) is 5.66. The number of hydrogen-bond donors (Lipinski definition) is 1. The van der Waals surface area contributed by atoms with Gasteiger partial charge in [-0.05, 0) is 38.5 Å². The number of nitrogens with zero attached hydrogens (tertiary/aromatic N) is 1. The van der Waals surface area contributed by atoms with Crippen LogP contribution < -0.4 is 5.32 Å². The second kappa shape index (κ2) is 6.57. The van der Waals surface area contributed by atoms with Crippen molar-refractivity contribution in [3.63, 3.8) is 0 Å². The Balaban J connectivity index is 2.02. The maximum Gasteiger partial charge on any atom is 0.241 e. The van der Waals surface area contributed by atoms with Gasteiger partial charge < -0.3 is 10.1 Å². The van der Waals surface area contributed by atoms with Crippen LogP contribution in [-0.2, 0) is 9.53 Å². The van der Waals surface area contributed by atoms with E-state index >= 15 is 0 Å². The van der Waals surface area contributed by atoms with E-state index < -0.39 is 0 Å². The zero-order chi connectivity index (χ0) is 14.7. The molecule has 1 amide bonds. The van der Waals surface area contributed by atoms with Crippen molar-refractivity contribution < 1.29 is 9.53 Å². The molecule has 2 atom stereocenters. The zero-order valence-corrected chi connectivity index (χ0v) is 12.9. The Morgan fingerprint density at radius 1 is 1.55 bits per heavy atom. The standard InChI is InChI=1S/C15H21ClN2O2/c1-10-9-18(7-8-20-10)12(3)15(19)17-14-6-4-5-13(16)11(14)2/h4-6,10,12H,7-9H2,1-3H3,(H,17,19). The minimum Gasteiger partial charge on any atom is -0.376 e. The van der Waals surface area contributed by atoms with Crippen molar-refractivity contribution in [1.29, 1.82) is 0 Å². The molecular weight excluding hydrogens is 276 g/mol. The maximum absolute atomic E-state index is 12.3. The number of morpholine rings is 1. The molecule has 1 aromatic carbocycles. The molecule has 0 aromatic heterocycles. The number of halogens is 1. The molecule has 1 aromatic rings. The lowest BCUT2D eigenvalue weighted by Crippen LogP contribution is -2.50. The largest absolute Gasteiger partial charge is 0.376 e. The van der Waals surface area contributed by atoms with Crippen LogP contribution >= 0.6 is 11.6 Å². The van der Waals surface area contributed by atoms with E-state index in [1.807, 2.05) is 39.0 Å². The first-order valence-corrected chi connectivity index (χ1v) is 7.28. The van der Waals surface area contributed by atoms with Gasteiger partial charge >= 0.3 is 0 Å². The number of hydrogen-bond acceptors (Lipinski definition) is 3. The van der Waals surface area contributed by atoms with E-state index in [9.17, 15) is 4.79 Å². The monoisotopic (exact) mass is 296 g/mol. The molecule has 0 aliphatic carbocycles. The highest BCUT2D eigenvalue weighted by molar-refractivity contribution is 6.31. The predicted octanol–water partition coefficient (Wildman–Crippen LogP) is 2.70. The fraction of sp³-hybridized carbons (Fsp3) is 0.533. The van der Waals surface area contributed by atoms with Gasteiger partial charge in [0, 0.05) is 23.8 Å². The van der Waals surface area contributed by atoms with Gasteiger partial charge in [-0.2, -0.15) is 0 Å². The van der Waals surface area contributed by atoms with E-state index in [0.717, 1.165) is 24.3 Å². The van der Waals surface area contributed by atoms with Gasteiger partial charge in [0.2, 0.25) is 5.91 Å². The molecule has 0 spiro atoms. The molecule has 1 aliphatic rings. The molecular formula is C15H21ClN2O2. The van der Waals surface area contributed by atoms with Crippen molar-refractivity contribution in [2.24, 2.45) is 0 Å². The van der Waals surface area contributed by atoms with E-state index in [2.05, 4.69) is 10.2 Å². The Morgan fingerprint density at radius 3 is 3.00 bits per heavy atom. The van der Waals surface area contributed by atoms with Crippen LogP contribution in [0.15, 0.2) is 18.2 Å². The van der Waals surface area contributed by atoms with Crippen molar-refractivity contribution in [3.05, 3.63) is 28.8 Å². The van der Waals surface area contributed by atoms with Gasteiger partial charge in [0.15, 0.2) is 0 Å². The van der Waals surface area contributed by atoms with Crippen molar-refractivity contribution in [3.8, 4) is 0 Å². The summed E-state index contributed by atoms with van der Waals surface area (Å²) in [6.07, 6.45) is 0.173. The summed E-state index contributed by atoms with van der Waals surface area (Å²) in [5, 5.41) is 3.62. The second-order valence-electron chi connectivity index (χ2n) is 5.25. The Bertz CT molecular complexity index is 493. The van der Waals surface area contributed by atoms with Gasteiger partial charge in [0.25, 0.3) is 0 Å². The molecule has 2 unspecified atom stereocenters. The molecule has 20 heavy (non-hydrogen) atoms. The maximum atomic E-state index is 12.3. The first kappa shape index (κ1) is 15.3. The average molecular weight is 297 g/mol. The van der Waals surface area contributed by atoms with Gasteiger partial charge in [-0.25, -0.2) is 0 Å². The first-order valence-electron chi connectivity index (χ1n) is 6.90. The fourth-order valence-electron chi connectivity index (χ4n) is 2.34. The number of nitrogens with one attached hydrogen (secondary N) is 1. The number of anilines is 1. The molecule has 0 bridgehead atoms. The van der Waals surface area contributed by atoms with Crippen LogP contribution in [0.3, 0.4) is 0 Å². The van der Waals surface area contributed by atoms with Crippen molar-refractivity contribution >= 4 is 23.2 Å². The summed E-state index contributed by atoms with van der Waals surface area (Å²) in [6, 6.07) is 5.35. The Kier molecular flexibility index (Phi) is 5.02. The Labute approximate surface area is 125 Å². The molecule has 110 valence electrons. The SMILES string of the molecule is Cc1c(Cl)cccc1NC(=O)C(C)N1CCOC(C)C1. The summed E-state index contributed by atoms with van der Waals surface area (Å²) in [5.41, 5.74) is 1.67. The van der Waals surface area contributed by atoms with E-state index in [4.69, 9.17) is 16.3 Å². The summed E-state index contributed by atoms with van der Waals surface area (Å²) < 4.78 is 5.50. The molecule has 0 radical (unpaired) electrons. The number of amides is 1. The van der Waals surface area contributed by atoms with E-state index in [-0.39, 0.29) is 18.1 Å². The average Bonchev–Trinajstić information content (AvgIpc) is 2.43. The highest BCUT2D eigenvalue weighted by Gasteiger charge is 2.26. The number of rotatable bonds is 3. The molecule has 1 aliphatic heterocycles. The smallest absolute Gasteiger partial charge is 0.241 e. The third kappa shape index (κ3) is 3.51. The van der Waals surface area contributed by atoms with Crippen LogP contribution in [0.2, 0.25) is 5.02 Å². The highest BCUT2D eigenvalue weighted by atomic mass is 35.5. The van der Waals surface area contributed by atoms with Crippen LogP contribution in [0.4, 0.5) is 5.69 Å². The van der Waals surface area contributed by atoms with E-state index in [0.29, 0.717) is 11.6 Å². The normalized spacial score (nSPS) is 21.5. The summed E-state index contributed by atoms with van der Waals surface area (Å²) >= 11 is 6.07. The summed E-state index contributed by atoms with van der Waals surface area (Å²) in [5.74, 6) is -0.00975. The van der Waals surface area contributed by atoms with Gasteiger partial charge in [-0.15, -0.1) is 0 Å². The quantitative estimate of drug-likeness (QED) is 0.932. The molecule has 1 heterocycles. The van der Waals surface area contributed by atoms with E-state index in [1.54, 1.807) is 0 Å². The number of carbonyl (C=O) groups is 1. The molecule has 5 heteroatoms. The first-order chi connectivity index (χ1) is 9.49. The van der Waals surface area contributed by atoms with Gasteiger partial charge in [0.1, 0.15) is 0 Å². The lowest BCUT2D eigenvalue weighted by atomic mass is 10.1. The molecule has 1 fully saturated rings. The van der Waals surface area contributed by atoms with Crippen LogP contribution in [0, 0.1) is 6.92 Å². The third-order valence-electron chi connectivity index (χ3n) is 3.73. The van der Waals surface area contributed by atoms with Gasteiger partial charge in [-0.3, -0.25) is 9.69 Å². The minimum absolute atomic E-state index is 0.00975. The highest BCUT2D eigenvalue weighted by Crippen LogP contribution is 2.23. The van der Waals surface area contributed by atoms with Crippen LogP contribution in [0.25, 0.3) is 0 Å². The number of ether oxygens (including phenoxy) is 1. The summed E-state index contributed by atoms with van der Waals surface area (Å²) in [4.78, 5) is 14.5. The van der Waals surface area contributed by atoms with Gasteiger partial charge in [-0.1, -0.05) is 17.7 Å². The fourth-order valence-corrected chi connectivity index (χ4v) is 2.52. The molecule has 1 N–H and O–H groups in total. The summed E-state index contributed by atoms with van der Waals surface area (Å²) in [6.45, 7) is 8.09. The number of benzene rings is 1.